The van der Waals surface area contributed by atoms with Gasteiger partial charge in [-0.05, 0) is 52.9 Å². The van der Waals surface area contributed by atoms with Crippen LogP contribution in [0.15, 0.2) is 44.7 Å². The molecule has 7 heteroatoms. The van der Waals surface area contributed by atoms with Gasteiger partial charge in [-0.1, -0.05) is 6.07 Å². The van der Waals surface area contributed by atoms with E-state index in [4.69, 9.17) is 0 Å². The molecule has 0 fully saturated rings. The number of hydrogen-bond donors (Lipinski definition) is 0. The summed E-state index contributed by atoms with van der Waals surface area (Å²) in [4.78, 5) is 4.03. The fraction of sp³-hybridized carbons (Fsp3) is 0.308. The maximum atomic E-state index is 12.7. The quantitative estimate of drug-likeness (QED) is 0.804. The van der Waals surface area contributed by atoms with E-state index in [2.05, 4.69) is 20.9 Å². The van der Waals surface area contributed by atoms with Gasteiger partial charge in [-0.2, -0.15) is 4.31 Å². The molecule has 0 aromatic carbocycles. The molecule has 0 saturated heterocycles. The lowest BCUT2D eigenvalue weighted by Gasteiger charge is -2.25. The molecule has 0 unspecified atom stereocenters. The Hall–Kier alpha value is -0.760. The molecule has 0 radical (unpaired) electrons. The molecular formula is C13H15BrN2O2S2. The van der Waals surface area contributed by atoms with Gasteiger partial charge in [-0.3, -0.25) is 4.98 Å². The summed E-state index contributed by atoms with van der Waals surface area (Å²) in [7, 11) is -3.51. The van der Waals surface area contributed by atoms with Gasteiger partial charge in [-0.25, -0.2) is 8.42 Å². The molecule has 0 N–H and O–H groups in total. The minimum Gasteiger partial charge on any atom is -0.264 e. The van der Waals surface area contributed by atoms with E-state index in [1.165, 1.54) is 15.6 Å². The summed E-state index contributed by atoms with van der Waals surface area (Å²) in [6.07, 6.45) is 3.36. The number of nitrogens with zero attached hydrogens (tertiary/aromatic N) is 2. The second-order valence-corrected chi connectivity index (χ2v) is 8.42. The zero-order valence-corrected chi connectivity index (χ0v) is 14.4. The SMILES string of the molecule is CC(C)N(Cc1cccnc1)S(=O)(=O)c1sccc1Br. The van der Waals surface area contributed by atoms with E-state index in [1.807, 2.05) is 26.0 Å². The largest absolute Gasteiger partial charge is 0.264 e. The van der Waals surface area contributed by atoms with Crippen molar-refractivity contribution in [3.05, 3.63) is 46.0 Å². The Balaban J connectivity index is 2.37. The molecule has 20 heavy (non-hydrogen) atoms. The molecule has 0 amide bonds. The van der Waals surface area contributed by atoms with Crippen LogP contribution in [0.3, 0.4) is 0 Å². The van der Waals surface area contributed by atoms with Gasteiger partial charge in [0.2, 0.25) is 0 Å². The second kappa shape index (κ2) is 6.34. The average molecular weight is 375 g/mol. The summed E-state index contributed by atoms with van der Waals surface area (Å²) in [6.45, 7) is 4.06. The molecule has 0 atom stereocenters. The highest BCUT2D eigenvalue weighted by Crippen LogP contribution is 2.31. The van der Waals surface area contributed by atoms with Crippen molar-refractivity contribution in [1.29, 1.82) is 0 Å². The highest BCUT2D eigenvalue weighted by Gasteiger charge is 2.30. The lowest BCUT2D eigenvalue weighted by molar-refractivity contribution is 0.348. The highest BCUT2D eigenvalue weighted by molar-refractivity contribution is 9.10. The van der Waals surface area contributed by atoms with E-state index in [-0.39, 0.29) is 6.04 Å². The van der Waals surface area contributed by atoms with Crippen molar-refractivity contribution in [1.82, 2.24) is 9.29 Å². The van der Waals surface area contributed by atoms with Crippen LogP contribution in [0.4, 0.5) is 0 Å². The van der Waals surface area contributed by atoms with Crippen molar-refractivity contribution in [3.8, 4) is 0 Å². The van der Waals surface area contributed by atoms with E-state index in [0.717, 1.165) is 5.56 Å². The molecule has 4 nitrogen and oxygen atoms in total. The molecular weight excluding hydrogens is 360 g/mol. The number of pyridine rings is 1. The van der Waals surface area contributed by atoms with Gasteiger partial charge >= 0.3 is 0 Å². The van der Waals surface area contributed by atoms with Gasteiger partial charge in [0.05, 0.1) is 0 Å². The number of thiophene rings is 1. The van der Waals surface area contributed by atoms with Gasteiger partial charge in [0.1, 0.15) is 4.21 Å². The summed E-state index contributed by atoms with van der Waals surface area (Å²) < 4.78 is 27.9. The Labute approximate surface area is 131 Å². The first kappa shape index (κ1) is 15.6. The fourth-order valence-corrected chi connectivity index (χ4v) is 5.84. The first-order chi connectivity index (χ1) is 9.43. The molecule has 0 aliphatic carbocycles. The Morgan fingerprint density at radius 2 is 2.15 bits per heavy atom. The number of hydrogen-bond acceptors (Lipinski definition) is 4. The van der Waals surface area contributed by atoms with E-state index in [1.54, 1.807) is 23.8 Å². The average Bonchev–Trinajstić information content (AvgIpc) is 2.83. The van der Waals surface area contributed by atoms with Gasteiger partial charge in [0, 0.05) is 29.5 Å². The molecule has 0 aliphatic rings. The van der Waals surface area contributed by atoms with E-state index in [0.29, 0.717) is 15.2 Å². The van der Waals surface area contributed by atoms with Crippen LogP contribution in [0.5, 0.6) is 0 Å². The molecule has 2 aromatic rings. The monoisotopic (exact) mass is 374 g/mol. The smallest absolute Gasteiger partial charge is 0.254 e. The van der Waals surface area contributed by atoms with Crippen LogP contribution < -0.4 is 0 Å². The second-order valence-electron chi connectivity index (χ2n) is 4.56. The maximum Gasteiger partial charge on any atom is 0.254 e. The maximum absolute atomic E-state index is 12.7. The summed E-state index contributed by atoms with van der Waals surface area (Å²) in [5, 5.41) is 1.76. The third kappa shape index (κ3) is 3.28. The van der Waals surface area contributed by atoms with Crippen LogP contribution in [0.25, 0.3) is 0 Å². The Kier molecular flexibility index (Phi) is 4.95. The van der Waals surface area contributed by atoms with Crippen molar-refractivity contribution in [2.24, 2.45) is 0 Å². The van der Waals surface area contributed by atoms with Crippen LogP contribution in [0.2, 0.25) is 0 Å². The molecule has 2 heterocycles. The molecule has 2 rings (SSSR count). The summed E-state index contributed by atoms with van der Waals surface area (Å²) in [5.74, 6) is 0. The highest BCUT2D eigenvalue weighted by atomic mass is 79.9. The first-order valence-corrected chi connectivity index (χ1v) is 9.18. The van der Waals surface area contributed by atoms with Crippen molar-refractivity contribution < 1.29 is 8.42 Å². The zero-order valence-electron chi connectivity index (χ0n) is 11.2. The summed E-state index contributed by atoms with van der Waals surface area (Å²) >= 11 is 4.52. The fourth-order valence-electron chi connectivity index (χ4n) is 1.79. The Morgan fingerprint density at radius 1 is 1.40 bits per heavy atom. The third-order valence-electron chi connectivity index (χ3n) is 2.76. The predicted molar refractivity (Wildman–Crippen MR) is 84.1 cm³/mol. The van der Waals surface area contributed by atoms with Crippen molar-refractivity contribution in [2.45, 2.75) is 30.6 Å². The van der Waals surface area contributed by atoms with Crippen molar-refractivity contribution in [2.75, 3.05) is 0 Å². The molecule has 0 bridgehead atoms. The lowest BCUT2D eigenvalue weighted by Crippen LogP contribution is -2.36. The standard InChI is InChI=1S/C13H15BrN2O2S2/c1-10(2)16(9-11-4-3-6-15-8-11)20(17,18)13-12(14)5-7-19-13/h3-8,10H,9H2,1-2H3. The van der Waals surface area contributed by atoms with Crippen molar-refractivity contribution >= 4 is 37.3 Å². The Bertz CT molecular complexity index is 669. The van der Waals surface area contributed by atoms with Crippen LogP contribution in [0.1, 0.15) is 19.4 Å². The molecule has 0 saturated carbocycles. The minimum atomic E-state index is -3.51. The van der Waals surface area contributed by atoms with E-state index >= 15 is 0 Å². The van der Waals surface area contributed by atoms with E-state index in [9.17, 15) is 8.42 Å². The lowest BCUT2D eigenvalue weighted by atomic mass is 10.2. The van der Waals surface area contributed by atoms with Gasteiger partial charge in [0.15, 0.2) is 0 Å². The van der Waals surface area contributed by atoms with Gasteiger partial charge in [-0.15, -0.1) is 11.3 Å². The third-order valence-corrected chi connectivity index (χ3v) is 7.43. The van der Waals surface area contributed by atoms with Gasteiger partial charge < -0.3 is 0 Å². The summed E-state index contributed by atoms with van der Waals surface area (Å²) in [6, 6.07) is 5.30. The van der Waals surface area contributed by atoms with Crippen LogP contribution in [-0.2, 0) is 16.6 Å². The number of rotatable bonds is 5. The minimum absolute atomic E-state index is 0.130. The van der Waals surface area contributed by atoms with Crippen LogP contribution >= 0.6 is 27.3 Å². The topological polar surface area (TPSA) is 50.3 Å². The number of sulfonamides is 1. The van der Waals surface area contributed by atoms with Crippen LogP contribution in [-0.4, -0.2) is 23.7 Å². The number of halogens is 1. The van der Waals surface area contributed by atoms with Gasteiger partial charge in [0.25, 0.3) is 10.0 Å². The van der Waals surface area contributed by atoms with Crippen LogP contribution in [0, 0.1) is 0 Å². The van der Waals surface area contributed by atoms with E-state index < -0.39 is 10.0 Å². The van der Waals surface area contributed by atoms with Crippen molar-refractivity contribution in [3.63, 3.8) is 0 Å². The first-order valence-electron chi connectivity index (χ1n) is 6.06. The number of aromatic nitrogens is 1. The molecule has 108 valence electrons. The molecule has 0 spiro atoms. The summed E-state index contributed by atoms with van der Waals surface area (Å²) in [5.41, 5.74) is 0.873. The molecule has 0 aliphatic heterocycles. The normalized spacial score (nSPS) is 12.2. The molecule has 2 aromatic heterocycles. The predicted octanol–water partition coefficient (Wildman–Crippen LogP) is 3.50. The zero-order chi connectivity index (χ0) is 14.8. The Morgan fingerprint density at radius 3 is 2.65 bits per heavy atom.